The van der Waals surface area contributed by atoms with Crippen LogP contribution >= 0.6 is 0 Å². The van der Waals surface area contributed by atoms with Gasteiger partial charge in [0, 0.05) is 6.04 Å². The van der Waals surface area contributed by atoms with Crippen LogP contribution in [0.3, 0.4) is 0 Å². The Bertz CT molecular complexity index is 456. The predicted molar refractivity (Wildman–Crippen MR) is 78.1 cm³/mol. The number of hydrogen-bond acceptors (Lipinski definition) is 4. The van der Waals surface area contributed by atoms with Crippen molar-refractivity contribution in [3.05, 3.63) is 5.82 Å². The van der Waals surface area contributed by atoms with Crippen LogP contribution in [-0.4, -0.2) is 26.2 Å². The summed E-state index contributed by atoms with van der Waals surface area (Å²) >= 11 is 0. The van der Waals surface area contributed by atoms with Gasteiger partial charge >= 0.3 is 0 Å². The van der Waals surface area contributed by atoms with E-state index in [1.165, 1.54) is 19.3 Å². The van der Waals surface area contributed by atoms with Gasteiger partial charge in [0.15, 0.2) is 5.82 Å². The molecule has 1 N–H and O–H groups in total. The van der Waals surface area contributed by atoms with Gasteiger partial charge in [-0.1, -0.05) is 27.7 Å². The van der Waals surface area contributed by atoms with Gasteiger partial charge in [0.2, 0.25) is 0 Å². The Labute approximate surface area is 121 Å². The van der Waals surface area contributed by atoms with E-state index in [4.69, 9.17) is 0 Å². The molecular formula is C15H27N5. The lowest BCUT2D eigenvalue weighted by atomic mass is 9.63. The van der Waals surface area contributed by atoms with E-state index in [-0.39, 0.29) is 0 Å². The van der Waals surface area contributed by atoms with Crippen molar-refractivity contribution in [2.45, 2.75) is 78.4 Å². The Morgan fingerprint density at radius 1 is 1.15 bits per heavy atom. The van der Waals surface area contributed by atoms with Crippen LogP contribution in [0.2, 0.25) is 0 Å². The summed E-state index contributed by atoms with van der Waals surface area (Å²) in [4.78, 5) is 0. The third-order valence-electron chi connectivity index (χ3n) is 4.57. The largest absolute Gasteiger partial charge is 0.307 e. The molecular weight excluding hydrogens is 250 g/mol. The molecule has 2 aliphatic carbocycles. The van der Waals surface area contributed by atoms with E-state index in [9.17, 15) is 0 Å². The first-order valence-electron chi connectivity index (χ1n) is 7.85. The lowest BCUT2D eigenvalue weighted by molar-refractivity contribution is 0.0650. The first-order valence-corrected chi connectivity index (χ1v) is 7.85. The van der Waals surface area contributed by atoms with Crippen molar-refractivity contribution in [2.75, 3.05) is 0 Å². The van der Waals surface area contributed by atoms with Crippen LogP contribution in [0.15, 0.2) is 0 Å². The Morgan fingerprint density at radius 3 is 2.40 bits per heavy atom. The van der Waals surface area contributed by atoms with E-state index in [1.54, 1.807) is 0 Å². The van der Waals surface area contributed by atoms with E-state index >= 15 is 0 Å². The summed E-state index contributed by atoms with van der Waals surface area (Å²) in [6.07, 6.45) is 6.19. The van der Waals surface area contributed by atoms with Crippen molar-refractivity contribution in [3.63, 3.8) is 0 Å². The maximum absolute atomic E-state index is 4.28. The molecule has 1 aromatic heterocycles. The number of aromatic nitrogens is 4. The van der Waals surface area contributed by atoms with Crippen molar-refractivity contribution in [1.82, 2.24) is 25.5 Å². The van der Waals surface area contributed by atoms with Crippen molar-refractivity contribution < 1.29 is 0 Å². The summed E-state index contributed by atoms with van der Waals surface area (Å²) in [5, 5.41) is 15.9. The molecule has 0 bridgehead atoms. The van der Waals surface area contributed by atoms with Crippen LogP contribution in [0.1, 0.15) is 71.7 Å². The molecule has 2 fully saturated rings. The molecule has 0 unspecified atom stereocenters. The molecule has 1 aromatic rings. The summed E-state index contributed by atoms with van der Waals surface area (Å²) in [6, 6.07) is 1.12. The maximum Gasteiger partial charge on any atom is 0.165 e. The lowest BCUT2D eigenvalue weighted by Gasteiger charge is -2.44. The summed E-state index contributed by atoms with van der Waals surface area (Å²) in [5.41, 5.74) is 0.721. The molecule has 3 rings (SSSR count). The second-order valence-electron chi connectivity index (χ2n) is 8.26. The highest BCUT2D eigenvalue weighted by Crippen LogP contribution is 2.49. The normalized spacial score (nSPS) is 25.8. The van der Waals surface area contributed by atoms with Gasteiger partial charge in [-0.05, 0) is 53.4 Å². The molecule has 20 heavy (non-hydrogen) atoms. The number of nitrogens with one attached hydrogen (secondary N) is 1. The number of rotatable bonds is 4. The molecule has 0 aromatic carbocycles. The smallest absolute Gasteiger partial charge is 0.165 e. The third kappa shape index (κ3) is 3.19. The molecule has 0 spiro atoms. The van der Waals surface area contributed by atoms with E-state index in [0.717, 1.165) is 25.2 Å². The molecule has 0 aliphatic heterocycles. The average molecular weight is 277 g/mol. The van der Waals surface area contributed by atoms with E-state index in [1.807, 2.05) is 0 Å². The van der Waals surface area contributed by atoms with Crippen LogP contribution < -0.4 is 5.32 Å². The minimum Gasteiger partial charge on any atom is -0.307 e. The van der Waals surface area contributed by atoms with Gasteiger partial charge in [-0.15, -0.1) is 5.10 Å². The molecule has 5 nitrogen and oxygen atoms in total. The molecule has 2 aliphatic rings. The van der Waals surface area contributed by atoms with Crippen LogP contribution in [0.4, 0.5) is 0 Å². The monoisotopic (exact) mass is 277 g/mol. The molecule has 0 radical (unpaired) electrons. The minimum atomic E-state index is 0.361. The molecule has 0 amide bonds. The maximum atomic E-state index is 4.28. The fourth-order valence-electron chi connectivity index (χ4n) is 4.10. The SMILES string of the molecule is CC1(C)CC(n2nnnc2CNC2CC2)CC(C)(C)C1. The van der Waals surface area contributed by atoms with Gasteiger partial charge in [0.05, 0.1) is 12.6 Å². The molecule has 1 heterocycles. The zero-order valence-electron chi connectivity index (χ0n) is 13.2. The van der Waals surface area contributed by atoms with E-state index in [0.29, 0.717) is 22.9 Å². The Balaban J connectivity index is 1.75. The quantitative estimate of drug-likeness (QED) is 0.919. The van der Waals surface area contributed by atoms with Crippen LogP contribution in [0.5, 0.6) is 0 Å². The fraction of sp³-hybridized carbons (Fsp3) is 0.933. The molecule has 2 saturated carbocycles. The van der Waals surface area contributed by atoms with Crippen LogP contribution in [0.25, 0.3) is 0 Å². The van der Waals surface area contributed by atoms with Gasteiger partial charge in [0.1, 0.15) is 0 Å². The molecule has 0 atom stereocenters. The first kappa shape index (κ1) is 14.0. The van der Waals surface area contributed by atoms with Gasteiger partial charge in [-0.25, -0.2) is 4.68 Å². The standard InChI is InChI=1S/C15H27N5/c1-14(2)7-12(8-15(3,4)10-14)20-13(17-18-19-20)9-16-11-5-6-11/h11-12,16H,5-10H2,1-4H3. The highest BCUT2D eigenvalue weighted by Gasteiger charge is 2.40. The van der Waals surface area contributed by atoms with Gasteiger partial charge in [-0.2, -0.15) is 0 Å². The number of nitrogens with zero attached hydrogens (tertiary/aromatic N) is 4. The Morgan fingerprint density at radius 2 is 1.80 bits per heavy atom. The summed E-state index contributed by atoms with van der Waals surface area (Å²) in [6.45, 7) is 10.3. The third-order valence-corrected chi connectivity index (χ3v) is 4.57. The first-order chi connectivity index (χ1) is 9.35. The average Bonchev–Trinajstić information content (AvgIpc) is 2.99. The van der Waals surface area contributed by atoms with Crippen molar-refractivity contribution in [1.29, 1.82) is 0 Å². The van der Waals surface area contributed by atoms with E-state index < -0.39 is 0 Å². The Kier molecular flexibility index (Phi) is 3.35. The number of hydrogen-bond donors (Lipinski definition) is 1. The number of tetrazole rings is 1. The topological polar surface area (TPSA) is 55.6 Å². The fourth-order valence-corrected chi connectivity index (χ4v) is 4.10. The van der Waals surface area contributed by atoms with Gasteiger partial charge in [0.25, 0.3) is 0 Å². The van der Waals surface area contributed by atoms with Crippen molar-refractivity contribution in [3.8, 4) is 0 Å². The van der Waals surface area contributed by atoms with Crippen molar-refractivity contribution in [2.24, 2.45) is 10.8 Å². The lowest BCUT2D eigenvalue weighted by Crippen LogP contribution is -2.36. The highest BCUT2D eigenvalue weighted by molar-refractivity contribution is 4.95. The van der Waals surface area contributed by atoms with Crippen molar-refractivity contribution >= 4 is 0 Å². The summed E-state index contributed by atoms with van der Waals surface area (Å²) in [5.74, 6) is 0.996. The Hall–Kier alpha value is -0.970. The van der Waals surface area contributed by atoms with E-state index in [2.05, 4.69) is 53.2 Å². The van der Waals surface area contributed by atoms with Crippen LogP contribution in [0, 0.1) is 10.8 Å². The second-order valence-corrected chi connectivity index (χ2v) is 8.26. The zero-order chi connectivity index (χ0) is 14.4. The highest BCUT2D eigenvalue weighted by atomic mass is 15.6. The zero-order valence-corrected chi connectivity index (χ0v) is 13.2. The summed E-state index contributed by atoms with van der Waals surface area (Å²) < 4.78 is 2.08. The molecule has 5 heteroatoms. The minimum absolute atomic E-state index is 0.361. The second kappa shape index (κ2) is 4.79. The van der Waals surface area contributed by atoms with Crippen LogP contribution in [-0.2, 0) is 6.54 Å². The molecule has 112 valence electrons. The van der Waals surface area contributed by atoms with Gasteiger partial charge in [-0.3, -0.25) is 0 Å². The predicted octanol–water partition coefficient (Wildman–Crippen LogP) is 2.70. The van der Waals surface area contributed by atoms with Gasteiger partial charge < -0.3 is 5.32 Å². The molecule has 0 saturated heterocycles. The summed E-state index contributed by atoms with van der Waals surface area (Å²) in [7, 11) is 0.